The second kappa shape index (κ2) is 4.33. The first-order valence-electron chi connectivity index (χ1n) is 3.78. The van der Waals surface area contributed by atoms with E-state index >= 15 is 0 Å². The Hall–Kier alpha value is -0.960. The molecule has 0 saturated heterocycles. The molecule has 13 heavy (non-hydrogen) atoms. The Labute approximate surface area is 76.9 Å². The summed E-state index contributed by atoms with van der Waals surface area (Å²) in [6.07, 6.45) is 0.339. The number of phenols is 1. The molecule has 0 aromatic heterocycles. The number of rotatable bonds is 3. The van der Waals surface area contributed by atoms with Crippen molar-refractivity contribution in [1.29, 1.82) is 0 Å². The summed E-state index contributed by atoms with van der Waals surface area (Å²) < 4.78 is 10.5. The van der Waals surface area contributed by atoms with Gasteiger partial charge in [0.2, 0.25) is 5.78 Å². The zero-order chi connectivity index (χ0) is 9.84. The van der Waals surface area contributed by atoms with E-state index in [9.17, 15) is 4.57 Å². The number of aromatic hydroxyl groups is 1. The summed E-state index contributed by atoms with van der Waals surface area (Å²) in [6, 6.07) is 6.39. The fraction of sp³-hybridized carbons (Fsp3) is 0.250. The normalized spacial score (nSPS) is 13.8. The van der Waals surface area contributed by atoms with Crippen LogP contribution in [0.4, 0.5) is 0 Å². The second-order valence-corrected chi connectivity index (χ2v) is 4.01. The van der Waals surface area contributed by atoms with Crippen molar-refractivity contribution in [3.63, 3.8) is 0 Å². The van der Waals surface area contributed by atoms with Crippen LogP contribution in [0.25, 0.3) is 0 Å². The lowest BCUT2D eigenvalue weighted by Crippen LogP contribution is -2.17. The maximum atomic E-state index is 10.5. The van der Waals surface area contributed by atoms with E-state index in [1.54, 1.807) is 12.1 Å². The van der Waals surface area contributed by atoms with Crippen LogP contribution in [0.15, 0.2) is 24.3 Å². The van der Waals surface area contributed by atoms with Gasteiger partial charge in [0.05, 0.1) is 0 Å². The third-order valence-electron chi connectivity index (χ3n) is 1.66. The molecule has 0 amide bonds. The molecule has 0 aliphatic carbocycles. The lowest BCUT2D eigenvalue weighted by molar-refractivity contribution is 0.475. The maximum Gasteiger partial charge on any atom is 0.524 e. The summed E-state index contributed by atoms with van der Waals surface area (Å²) in [4.78, 5) is 8.67. The first-order valence-corrected chi connectivity index (χ1v) is 5.06. The molecule has 0 heterocycles. The van der Waals surface area contributed by atoms with Crippen molar-refractivity contribution >= 4 is 8.03 Å². The van der Waals surface area contributed by atoms with Crippen LogP contribution < -0.4 is 5.73 Å². The van der Waals surface area contributed by atoms with Gasteiger partial charge in [0, 0.05) is 6.42 Å². The van der Waals surface area contributed by atoms with Crippen molar-refractivity contribution in [3.8, 4) is 5.75 Å². The van der Waals surface area contributed by atoms with Crippen LogP contribution in [0, 0.1) is 0 Å². The first-order chi connectivity index (χ1) is 6.09. The van der Waals surface area contributed by atoms with Crippen LogP contribution in [0.1, 0.15) is 5.56 Å². The number of hydrogen-bond donors (Lipinski definition) is 3. The van der Waals surface area contributed by atoms with Crippen LogP contribution in [0.2, 0.25) is 0 Å². The molecule has 0 spiro atoms. The molecule has 4 nitrogen and oxygen atoms in total. The predicted octanol–water partition coefficient (Wildman–Crippen LogP) is 0.954. The Bertz CT molecular complexity index is 299. The Morgan fingerprint density at radius 1 is 1.38 bits per heavy atom. The van der Waals surface area contributed by atoms with E-state index in [-0.39, 0.29) is 5.75 Å². The zero-order valence-corrected chi connectivity index (χ0v) is 7.82. The van der Waals surface area contributed by atoms with Crippen molar-refractivity contribution in [2.24, 2.45) is 5.73 Å². The lowest BCUT2D eigenvalue weighted by atomic mass is 10.1. The Morgan fingerprint density at radius 2 is 1.92 bits per heavy atom. The van der Waals surface area contributed by atoms with Crippen LogP contribution in [-0.4, -0.2) is 15.8 Å². The maximum absolute atomic E-state index is 10.5. The zero-order valence-electron chi connectivity index (χ0n) is 6.92. The Kier molecular flexibility index (Phi) is 3.37. The molecule has 2 atom stereocenters. The van der Waals surface area contributed by atoms with E-state index in [4.69, 9.17) is 15.7 Å². The predicted molar refractivity (Wildman–Crippen MR) is 49.6 cm³/mol. The molecule has 0 radical (unpaired) electrons. The first kappa shape index (κ1) is 10.1. The summed E-state index contributed by atoms with van der Waals surface area (Å²) in [6.45, 7) is 0. The van der Waals surface area contributed by atoms with Crippen LogP contribution in [0.3, 0.4) is 0 Å². The van der Waals surface area contributed by atoms with Crippen molar-refractivity contribution < 1.29 is 14.6 Å². The topological polar surface area (TPSA) is 83.5 Å². The summed E-state index contributed by atoms with van der Waals surface area (Å²) in [5.74, 6) is -0.565. The molecule has 0 aliphatic heterocycles. The second-order valence-electron chi connectivity index (χ2n) is 2.74. The highest BCUT2D eigenvalue weighted by Gasteiger charge is 2.23. The fourth-order valence-electron chi connectivity index (χ4n) is 0.952. The molecule has 1 aromatic rings. The van der Waals surface area contributed by atoms with Crippen LogP contribution in [0.5, 0.6) is 5.75 Å². The third-order valence-corrected chi connectivity index (χ3v) is 2.41. The summed E-state index contributed by atoms with van der Waals surface area (Å²) in [5.41, 5.74) is 6.23. The quantitative estimate of drug-likeness (QED) is 0.634. The molecule has 70 valence electrons. The molecule has 0 saturated carbocycles. The molecule has 0 fully saturated rings. The average molecular weight is 200 g/mol. The van der Waals surface area contributed by atoms with E-state index in [0.29, 0.717) is 6.42 Å². The number of nitrogens with two attached hydrogens (primary N) is 1. The highest BCUT2D eigenvalue weighted by Crippen LogP contribution is 2.22. The van der Waals surface area contributed by atoms with Gasteiger partial charge >= 0.3 is 8.03 Å². The largest absolute Gasteiger partial charge is 0.524 e. The van der Waals surface area contributed by atoms with E-state index in [0.717, 1.165) is 5.56 Å². The third kappa shape index (κ3) is 3.11. The summed E-state index contributed by atoms with van der Waals surface area (Å²) in [5, 5.41) is 8.96. The molecule has 0 bridgehead atoms. The van der Waals surface area contributed by atoms with Gasteiger partial charge in [-0.1, -0.05) is 12.1 Å². The van der Waals surface area contributed by atoms with Gasteiger partial charge in [0.25, 0.3) is 0 Å². The minimum Gasteiger partial charge on any atom is -0.508 e. The molecule has 4 N–H and O–H groups in total. The molecule has 2 unspecified atom stereocenters. The average Bonchev–Trinajstić information content (AvgIpc) is 2.08. The summed E-state index contributed by atoms with van der Waals surface area (Å²) >= 11 is 0. The van der Waals surface area contributed by atoms with Gasteiger partial charge in [-0.15, -0.1) is 0 Å². The van der Waals surface area contributed by atoms with Crippen LogP contribution >= 0.6 is 8.03 Å². The summed E-state index contributed by atoms with van der Waals surface area (Å²) in [7, 11) is -2.33. The van der Waals surface area contributed by atoms with E-state index in [1.807, 2.05) is 0 Å². The van der Waals surface area contributed by atoms with Crippen LogP contribution in [-0.2, 0) is 11.0 Å². The van der Waals surface area contributed by atoms with Crippen molar-refractivity contribution in [1.82, 2.24) is 0 Å². The SMILES string of the molecule is NC(Cc1ccc(O)cc1)[P+](=O)O. The highest BCUT2D eigenvalue weighted by molar-refractivity contribution is 7.38. The van der Waals surface area contributed by atoms with Gasteiger partial charge in [0.1, 0.15) is 5.75 Å². The number of hydrogen-bond acceptors (Lipinski definition) is 3. The number of benzene rings is 1. The highest BCUT2D eigenvalue weighted by atomic mass is 31.1. The number of phenolic OH excluding ortho intramolecular Hbond substituents is 1. The minimum atomic E-state index is -2.33. The standard InChI is InChI=1S/C8H10NO3P/c9-8(13(11)12)5-6-1-3-7(10)4-2-6/h1-4,8H,5,9H2,(H-,10,11,12)/p+1. The van der Waals surface area contributed by atoms with Gasteiger partial charge in [-0.2, -0.15) is 4.89 Å². The molecule has 5 heteroatoms. The molecular formula is C8H11NO3P+. The van der Waals surface area contributed by atoms with Gasteiger partial charge < -0.3 is 5.11 Å². The smallest absolute Gasteiger partial charge is 0.508 e. The van der Waals surface area contributed by atoms with Crippen molar-refractivity contribution in [2.75, 3.05) is 0 Å². The van der Waals surface area contributed by atoms with Gasteiger partial charge in [-0.25, -0.2) is 0 Å². The van der Waals surface area contributed by atoms with E-state index in [1.165, 1.54) is 12.1 Å². The fourth-order valence-corrected chi connectivity index (χ4v) is 1.32. The lowest BCUT2D eigenvalue weighted by Gasteiger charge is -1.99. The molecular weight excluding hydrogens is 189 g/mol. The Morgan fingerprint density at radius 3 is 2.38 bits per heavy atom. The van der Waals surface area contributed by atoms with Gasteiger partial charge in [-0.3, -0.25) is 5.73 Å². The molecule has 1 rings (SSSR count). The molecule has 1 aromatic carbocycles. The minimum absolute atomic E-state index is 0.172. The van der Waals surface area contributed by atoms with E-state index in [2.05, 4.69) is 0 Å². The monoisotopic (exact) mass is 200 g/mol. The van der Waals surface area contributed by atoms with Crippen molar-refractivity contribution in [2.45, 2.75) is 12.2 Å². The molecule has 0 aliphatic rings. The van der Waals surface area contributed by atoms with Gasteiger partial charge in [-0.05, 0) is 22.3 Å². The van der Waals surface area contributed by atoms with E-state index < -0.39 is 13.8 Å². The van der Waals surface area contributed by atoms with Gasteiger partial charge in [0.15, 0.2) is 0 Å². The Balaban J connectivity index is 2.64. The van der Waals surface area contributed by atoms with Crippen molar-refractivity contribution in [3.05, 3.63) is 29.8 Å².